The fourth-order valence-corrected chi connectivity index (χ4v) is 3.00. The molecule has 0 unspecified atom stereocenters. The summed E-state index contributed by atoms with van der Waals surface area (Å²) in [6.45, 7) is 0.683. The second-order valence-corrected chi connectivity index (χ2v) is 5.66. The lowest BCUT2D eigenvalue weighted by molar-refractivity contribution is 0.0946. The number of hydrogen-bond acceptors (Lipinski definition) is 3. The smallest absolute Gasteiger partial charge is 0.251 e. The van der Waals surface area contributed by atoms with Gasteiger partial charge in [0, 0.05) is 35.8 Å². The van der Waals surface area contributed by atoms with E-state index in [2.05, 4.69) is 16.4 Å². The number of benzene rings is 2. The van der Waals surface area contributed by atoms with Crippen LogP contribution in [0.3, 0.4) is 0 Å². The third kappa shape index (κ3) is 2.34. The summed E-state index contributed by atoms with van der Waals surface area (Å²) in [5.41, 5.74) is 4.11. The minimum absolute atomic E-state index is 0.0359. The lowest BCUT2D eigenvalue weighted by Gasteiger charge is -2.18. The first-order valence-electron chi connectivity index (χ1n) is 7.71. The minimum atomic E-state index is -0.0359. The zero-order chi connectivity index (χ0) is 16.5. The largest absolute Gasteiger partial charge is 0.352 e. The molecule has 0 aliphatic carbocycles. The van der Waals surface area contributed by atoms with Crippen LogP contribution < -0.4 is 5.32 Å². The first-order chi connectivity index (χ1) is 11.8. The van der Waals surface area contributed by atoms with Crippen LogP contribution >= 0.6 is 0 Å². The van der Waals surface area contributed by atoms with Gasteiger partial charge >= 0.3 is 0 Å². The molecule has 4 rings (SSSR count). The number of carbonyl (C=O) groups excluding carboxylic acids is 1. The summed E-state index contributed by atoms with van der Waals surface area (Å²) in [6, 6.07) is 15.4. The number of imidazole rings is 1. The number of amides is 1. The molecule has 1 aliphatic rings. The predicted molar refractivity (Wildman–Crippen MR) is 89.8 cm³/mol. The number of nitriles is 1. The molecule has 3 aromatic rings. The molecular formula is C19H14N4O. The van der Waals surface area contributed by atoms with Gasteiger partial charge < -0.3 is 5.32 Å². The van der Waals surface area contributed by atoms with Gasteiger partial charge in [0.15, 0.2) is 0 Å². The van der Waals surface area contributed by atoms with Gasteiger partial charge in [-0.15, -0.1) is 0 Å². The van der Waals surface area contributed by atoms with E-state index in [1.807, 2.05) is 47.2 Å². The van der Waals surface area contributed by atoms with Crippen LogP contribution in [0.15, 0.2) is 54.9 Å². The Morgan fingerprint density at radius 2 is 2.12 bits per heavy atom. The van der Waals surface area contributed by atoms with Gasteiger partial charge in [0.25, 0.3) is 5.91 Å². The molecule has 5 heteroatoms. The third-order valence-electron chi connectivity index (χ3n) is 4.19. The van der Waals surface area contributed by atoms with Crippen molar-refractivity contribution in [1.29, 1.82) is 5.26 Å². The van der Waals surface area contributed by atoms with Crippen LogP contribution in [0.2, 0.25) is 0 Å². The SMILES string of the molecule is N#Cc1cccc(-c2nccn2-c2ccc3c(c2)C(=O)NCC3)c1. The van der Waals surface area contributed by atoms with E-state index in [0.29, 0.717) is 17.7 Å². The van der Waals surface area contributed by atoms with Crippen LogP contribution in [0.4, 0.5) is 0 Å². The first kappa shape index (κ1) is 14.2. The summed E-state index contributed by atoms with van der Waals surface area (Å²) in [5, 5.41) is 12.0. The summed E-state index contributed by atoms with van der Waals surface area (Å²) >= 11 is 0. The monoisotopic (exact) mass is 314 g/mol. The van der Waals surface area contributed by atoms with E-state index < -0.39 is 0 Å². The summed E-state index contributed by atoms with van der Waals surface area (Å²) in [5.74, 6) is 0.703. The standard InChI is InChI=1S/C19H14N4O/c20-12-13-2-1-3-15(10-13)18-21-8-9-23(18)16-5-4-14-6-7-22-19(24)17(14)11-16/h1-5,8-11H,6-7H2,(H,22,24). The summed E-state index contributed by atoms with van der Waals surface area (Å²) < 4.78 is 1.93. The molecule has 0 bridgehead atoms. The molecule has 1 aliphatic heterocycles. The maximum atomic E-state index is 12.1. The van der Waals surface area contributed by atoms with Crippen molar-refractivity contribution in [2.24, 2.45) is 0 Å². The molecule has 0 radical (unpaired) electrons. The van der Waals surface area contributed by atoms with E-state index in [0.717, 1.165) is 29.1 Å². The molecule has 116 valence electrons. The highest BCUT2D eigenvalue weighted by Gasteiger charge is 2.18. The van der Waals surface area contributed by atoms with Gasteiger partial charge in [-0.25, -0.2) is 4.98 Å². The normalized spacial score (nSPS) is 13.0. The van der Waals surface area contributed by atoms with Crippen LogP contribution in [-0.2, 0) is 6.42 Å². The van der Waals surface area contributed by atoms with Crippen LogP contribution in [0.1, 0.15) is 21.5 Å². The van der Waals surface area contributed by atoms with E-state index in [1.165, 1.54) is 0 Å². The number of aromatic nitrogens is 2. The minimum Gasteiger partial charge on any atom is -0.352 e. The molecule has 2 aromatic carbocycles. The molecule has 2 heterocycles. The molecule has 0 spiro atoms. The molecule has 1 N–H and O–H groups in total. The molecule has 5 nitrogen and oxygen atoms in total. The van der Waals surface area contributed by atoms with E-state index in [-0.39, 0.29) is 5.91 Å². The maximum absolute atomic E-state index is 12.1. The molecule has 0 saturated carbocycles. The van der Waals surface area contributed by atoms with Gasteiger partial charge in [-0.05, 0) is 36.2 Å². The number of fused-ring (bicyclic) bond motifs is 1. The lowest BCUT2D eigenvalue weighted by atomic mass is 9.99. The van der Waals surface area contributed by atoms with Crippen molar-refractivity contribution in [3.05, 3.63) is 71.5 Å². The molecular weight excluding hydrogens is 300 g/mol. The Morgan fingerprint density at radius 3 is 3.00 bits per heavy atom. The first-order valence-corrected chi connectivity index (χ1v) is 7.71. The predicted octanol–water partition coefficient (Wildman–Crippen LogP) is 2.70. The molecule has 1 aromatic heterocycles. The van der Waals surface area contributed by atoms with E-state index >= 15 is 0 Å². The van der Waals surface area contributed by atoms with E-state index in [1.54, 1.807) is 12.3 Å². The number of nitrogens with one attached hydrogen (secondary N) is 1. The summed E-state index contributed by atoms with van der Waals surface area (Å²) in [4.78, 5) is 16.5. The van der Waals surface area contributed by atoms with Gasteiger partial charge in [0.05, 0.1) is 11.6 Å². The quantitative estimate of drug-likeness (QED) is 0.790. The van der Waals surface area contributed by atoms with Crippen molar-refractivity contribution in [3.63, 3.8) is 0 Å². The lowest BCUT2D eigenvalue weighted by Crippen LogP contribution is -2.31. The molecule has 0 fully saturated rings. The second kappa shape index (κ2) is 5.67. The zero-order valence-corrected chi connectivity index (χ0v) is 12.9. The Balaban J connectivity index is 1.82. The van der Waals surface area contributed by atoms with Crippen molar-refractivity contribution in [3.8, 4) is 23.1 Å². The van der Waals surface area contributed by atoms with Crippen molar-refractivity contribution < 1.29 is 4.79 Å². The molecule has 1 amide bonds. The maximum Gasteiger partial charge on any atom is 0.251 e. The third-order valence-corrected chi connectivity index (χ3v) is 4.19. The van der Waals surface area contributed by atoms with Crippen LogP contribution in [0, 0.1) is 11.3 Å². The van der Waals surface area contributed by atoms with Gasteiger partial charge in [-0.3, -0.25) is 9.36 Å². The fraction of sp³-hybridized carbons (Fsp3) is 0.105. The van der Waals surface area contributed by atoms with E-state index in [4.69, 9.17) is 5.26 Å². The highest BCUT2D eigenvalue weighted by molar-refractivity contribution is 5.97. The van der Waals surface area contributed by atoms with Gasteiger partial charge in [-0.2, -0.15) is 5.26 Å². The molecule has 0 saturated heterocycles. The van der Waals surface area contributed by atoms with Crippen LogP contribution in [-0.4, -0.2) is 22.0 Å². The Bertz CT molecular complexity index is 981. The highest BCUT2D eigenvalue weighted by Crippen LogP contribution is 2.24. The van der Waals surface area contributed by atoms with Crippen molar-refractivity contribution in [2.45, 2.75) is 6.42 Å². The second-order valence-electron chi connectivity index (χ2n) is 5.66. The van der Waals surface area contributed by atoms with Gasteiger partial charge in [0.2, 0.25) is 0 Å². The van der Waals surface area contributed by atoms with Gasteiger partial charge in [0.1, 0.15) is 5.82 Å². The van der Waals surface area contributed by atoms with Gasteiger partial charge in [-0.1, -0.05) is 18.2 Å². The van der Waals surface area contributed by atoms with Crippen LogP contribution in [0.25, 0.3) is 17.1 Å². The van der Waals surface area contributed by atoms with E-state index in [9.17, 15) is 4.79 Å². The Morgan fingerprint density at radius 1 is 1.21 bits per heavy atom. The molecule has 24 heavy (non-hydrogen) atoms. The van der Waals surface area contributed by atoms with Crippen molar-refractivity contribution in [1.82, 2.24) is 14.9 Å². The number of hydrogen-bond donors (Lipinski definition) is 1. The number of nitrogens with zero attached hydrogens (tertiary/aromatic N) is 3. The average molecular weight is 314 g/mol. The fourth-order valence-electron chi connectivity index (χ4n) is 3.00. The Labute approximate surface area is 139 Å². The Hall–Kier alpha value is -3.39. The summed E-state index contributed by atoms with van der Waals surface area (Å²) in [6.07, 6.45) is 4.42. The number of carbonyl (C=O) groups is 1. The van der Waals surface area contributed by atoms with Crippen LogP contribution in [0.5, 0.6) is 0 Å². The highest BCUT2D eigenvalue weighted by atomic mass is 16.1. The average Bonchev–Trinajstić information content (AvgIpc) is 3.12. The Kier molecular flexibility index (Phi) is 3.36. The summed E-state index contributed by atoms with van der Waals surface area (Å²) in [7, 11) is 0. The number of rotatable bonds is 2. The topological polar surface area (TPSA) is 70.7 Å². The van der Waals surface area contributed by atoms with Crippen molar-refractivity contribution >= 4 is 5.91 Å². The molecule has 0 atom stereocenters. The zero-order valence-electron chi connectivity index (χ0n) is 12.9. The van der Waals surface area contributed by atoms with Crippen molar-refractivity contribution in [2.75, 3.05) is 6.54 Å².